The summed E-state index contributed by atoms with van der Waals surface area (Å²) in [5.41, 5.74) is 5.30. The highest BCUT2D eigenvalue weighted by Crippen LogP contribution is 2.17. The first kappa shape index (κ1) is 10.5. The van der Waals surface area contributed by atoms with E-state index >= 15 is 0 Å². The van der Waals surface area contributed by atoms with Gasteiger partial charge in [0.15, 0.2) is 0 Å². The second-order valence-corrected chi connectivity index (χ2v) is 3.79. The van der Waals surface area contributed by atoms with E-state index in [1.54, 1.807) is 0 Å². The molecule has 0 radical (unpaired) electrons. The molecule has 0 saturated heterocycles. The normalized spacial score (nSPS) is 19.5. The minimum Gasteiger partial charge on any atom is -0.353 e. The summed E-state index contributed by atoms with van der Waals surface area (Å²) in [5.74, 6) is 0.120. The van der Waals surface area contributed by atoms with Gasteiger partial charge in [-0.1, -0.05) is 25.7 Å². The van der Waals surface area contributed by atoms with E-state index in [4.69, 9.17) is 5.73 Å². The van der Waals surface area contributed by atoms with Crippen LogP contribution in [0.5, 0.6) is 0 Å². The fourth-order valence-corrected chi connectivity index (χ4v) is 1.85. The molecule has 1 saturated carbocycles. The van der Waals surface area contributed by atoms with E-state index < -0.39 is 0 Å². The molecule has 0 unspecified atom stereocenters. The minimum atomic E-state index is 0.120. The zero-order chi connectivity index (χ0) is 9.52. The number of carbonyl (C=O) groups is 1. The van der Waals surface area contributed by atoms with Crippen LogP contribution in [0, 0.1) is 0 Å². The molecule has 1 amide bonds. The van der Waals surface area contributed by atoms with E-state index in [2.05, 4.69) is 5.32 Å². The van der Waals surface area contributed by atoms with Gasteiger partial charge in [-0.3, -0.25) is 4.79 Å². The molecule has 76 valence electrons. The van der Waals surface area contributed by atoms with Crippen molar-refractivity contribution < 1.29 is 4.79 Å². The predicted octanol–water partition coefficient (Wildman–Crippen LogP) is 1.17. The summed E-state index contributed by atoms with van der Waals surface area (Å²) in [6.07, 6.45) is 7.93. The number of amides is 1. The van der Waals surface area contributed by atoms with Crippen molar-refractivity contribution in [1.29, 1.82) is 0 Å². The Bertz CT molecular complexity index is 151. The summed E-state index contributed by atoms with van der Waals surface area (Å²) < 4.78 is 0. The Kier molecular flexibility index (Phi) is 4.83. The molecular weight excluding hydrogens is 164 g/mol. The highest BCUT2D eigenvalue weighted by molar-refractivity contribution is 5.76. The maximum absolute atomic E-state index is 11.2. The number of nitrogens with one attached hydrogen (secondary N) is 1. The van der Waals surface area contributed by atoms with Crippen LogP contribution in [0.4, 0.5) is 0 Å². The Hall–Kier alpha value is -0.570. The van der Waals surface area contributed by atoms with Crippen molar-refractivity contribution in [3.63, 3.8) is 0 Å². The Morgan fingerprint density at radius 1 is 1.23 bits per heavy atom. The molecule has 0 aromatic rings. The van der Waals surface area contributed by atoms with Gasteiger partial charge in [0.2, 0.25) is 5.91 Å². The highest BCUT2D eigenvalue weighted by Gasteiger charge is 2.13. The molecule has 0 atom stereocenters. The van der Waals surface area contributed by atoms with Crippen molar-refractivity contribution in [3.8, 4) is 0 Å². The second-order valence-electron chi connectivity index (χ2n) is 3.79. The van der Waals surface area contributed by atoms with E-state index in [1.165, 1.54) is 25.7 Å². The van der Waals surface area contributed by atoms with Crippen molar-refractivity contribution in [1.82, 2.24) is 5.32 Å². The summed E-state index contributed by atoms with van der Waals surface area (Å²) in [7, 11) is 0. The molecule has 1 rings (SSSR count). The number of nitrogens with two attached hydrogens (primary N) is 1. The van der Waals surface area contributed by atoms with Crippen molar-refractivity contribution in [2.45, 2.75) is 51.0 Å². The molecule has 1 aliphatic rings. The standard InChI is InChI=1S/C10H20N2O/c11-8-7-10(13)12-9-5-3-1-2-4-6-9/h9H,1-8,11H2,(H,12,13). The maximum atomic E-state index is 11.2. The van der Waals surface area contributed by atoms with Crippen LogP contribution in [-0.4, -0.2) is 18.5 Å². The third kappa shape index (κ3) is 4.27. The molecule has 3 nitrogen and oxygen atoms in total. The molecule has 3 heteroatoms. The van der Waals surface area contributed by atoms with Gasteiger partial charge in [-0.2, -0.15) is 0 Å². The largest absolute Gasteiger partial charge is 0.353 e. The van der Waals surface area contributed by atoms with Crippen LogP contribution < -0.4 is 11.1 Å². The lowest BCUT2D eigenvalue weighted by Gasteiger charge is -2.15. The van der Waals surface area contributed by atoms with E-state index in [9.17, 15) is 4.79 Å². The lowest BCUT2D eigenvalue weighted by Crippen LogP contribution is -2.35. The Labute approximate surface area is 80.1 Å². The van der Waals surface area contributed by atoms with Crippen LogP contribution in [0.3, 0.4) is 0 Å². The zero-order valence-corrected chi connectivity index (χ0v) is 8.22. The van der Waals surface area contributed by atoms with Gasteiger partial charge in [-0.05, 0) is 12.8 Å². The SMILES string of the molecule is NCCC(=O)NC1CCCCCC1. The van der Waals surface area contributed by atoms with Gasteiger partial charge in [0, 0.05) is 19.0 Å². The van der Waals surface area contributed by atoms with Gasteiger partial charge in [0.05, 0.1) is 0 Å². The van der Waals surface area contributed by atoms with Crippen LogP contribution in [0.2, 0.25) is 0 Å². The average molecular weight is 184 g/mol. The third-order valence-corrected chi connectivity index (χ3v) is 2.59. The summed E-state index contributed by atoms with van der Waals surface area (Å²) in [5, 5.41) is 3.04. The zero-order valence-electron chi connectivity index (χ0n) is 8.22. The van der Waals surface area contributed by atoms with Crippen molar-refractivity contribution in [3.05, 3.63) is 0 Å². The van der Waals surface area contributed by atoms with Crippen LogP contribution >= 0.6 is 0 Å². The van der Waals surface area contributed by atoms with Gasteiger partial charge >= 0.3 is 0 Å². The van der Waals surface area contributed by atoms with E-state index in [0.717, 1.165) is 12.8 Å². The van der Waals surface area contributed by atoms with Crippen LogP contribution in [0.15, 0.2) is 0 Å². The molecule has 0 heterocycles. The smallest absolute Gasteiger partial charge is 0.221 e. The average Bonchev–Trinajstić information content (AvgIpc) is 2.33. The van der Waals surface area contributed by atoms with Crippen LogP contribution in [0.25, 0.3) is 0 Å². The number of carbonyl (C=O) groups excluding carboxylic acids is 1. The van der Waals surface area contributed by atoms with Gasteiger partial charge < -0.3 is 11.1 Å². The van der Waals surface area contributed by atoms with E-state index in [0.29, 0.717) is 19.0 Å². The van der Waals surface area contributed by atoms with Crippen molar-refractivity contribution in [2.75, 3.05) is 6.54 Å². The molecule has 13 heavy (non-hydrogen) atoms. The molecule has 0 aromatic carbocycles. The molecular formula is C10H20N2O. The number of hydrogen-bond donors (Lipinski definition) is 2. The summed E-state index contributed by atoms with van der Waals surface area (Å²) in [6, 6.07) is 0.418. The quantitative estimate of drug-likeness (QED) is 0.647. The Morgan fingerprint density at radius 2 is 1.85 bits per heavy atom. The first-order valence-corrected chi connectivity index (χ1v) is 5.32. The van der Waals surface area contributed by atoms with Gasteiger partial charge in [0.1, 0.15) is 0 Å². The van der Waals surface area contributed by atoms with E-state index in [-0.39, 0.29) is 5.91 Å². The predicted molar refractivity (Wildman–Crippen MR) is 53.3 cm³/mol. The summed E-state index contributed by atoms with van der Waals surface area (Å²) >= 11 is 0. The molecule has 1 aliphatic carbocycles. The second kappa shape index (κ2) is 5.97. The first-order chi connectivity index (χ1) is 6.33. The minimum absolute atomic E-state index is 0.120. The molecule has 0 aliphatic heterocycles. The van der Waals surface area contributed by atoms with E-state index in [1.807, 2.05) is 0 Å². The molecule has 3 N–H and O–H groups in total. The first-order valence-electron chi connectivity index (χ1n) is 5.32. The topological polar surface area (TPSA) is 55.1 Å². The summed E-state index contributed by atoms with van der Waals surface area (Å²) in [6.45, 7) is 0.457. The highest BCUT2D eigenvalue weighted by atomic mass is 16.1. The Morgan fingerprint density at radius 3 is 2.38 bits per heavy atom. The molecule has 0 spiro atoms. The Balaban J connectivity index is 2.21. The lowest BCUT2D eigenvalue weighted by atomic mass is 10.1. The number of rotatable bonds is 3. The van der Waals surface area contributed by atoms with Crippen LogP contribution in [0.1, 0.15) is 44.9 Å². The molecule has 0 aromatic heterocycles. The molecule has 1 fully saturated rings. The fraction of sp³-hybridized carbons (Fsp3) is 0.900. The van der Waals surface area contributed by atoms with Crippen molar-refractivity contribution >= 4 is 5.91 Å². The van der Waals surface area contributed by atoms with Crippen LogP contribution in [-0.2, 0) is 4.79 Å². The van der Waals surface area contributed by atoms with Gasteiger partial charge in [-0.25, -0.2) is 0 Å². The van der Waals surface area contributed by atoms with Gasteiger partial charge in [0.25, 0.3) is 0 Å². The monoisotopic (exact) mass is 184 g/mol. The number of hydrogen-bond acceptors (Lipinski definition) is 2. The fourth-order valence-electron chi connectivity index (χ4n) is 1.85. The summed E-state index contributed by atoms with van der Waals surface area (Å²) in [4.78, 5) is 11.2. The van der Waals surface area contributed by atoms with Crippen molar-refractivity contribution in [2.24, 2.45) is 5.73 Å². The third-order valence-electron chi connectivity index (χ3n) is 2.59. The molecule has 0 bridgehead atoms. The lowest BCUT2D eigenvalue weighted by molar-refractivity contribution is -0.121. The van der Waals surface area contributed by atoms with Gasteiger partial charge in [-0.15, -0.1) is 0 Å². The maximum Gasteiger partial charge on any atom is 0.221 e.